The summed E-state index contributed by atoms with van der Waals surface area (Å²) in [7, 11) is 0. The van der Waals surface area contributed by atoms with Crippen LogP contribution in [0, 0.1) is 12.7 Å². The van der Waals surface area contributed by atoms with Gasteiger partial charge in [0, 0.05) is 29.6 Å². The standard InChI is InChI=1S/C31H33FN6O2/c1-4-29(30-34-35-36-38(30)19-23-10-12-26(32)13-11-23)37(18-22-8-6-21(3)7-9-22)20-25-16-24-17-27(40-5-2)14-15-28(24)33-31(25)39/h6-17,29H,4-5,18-20H2,1-3H3,(H,33,39). The Bertz CT molecular complexity index is 1630. The number of nitrogens with one attached hydrogen (secondary N) is 1. The molecule has 40 heavy (non-hydrogen) atoms. The van der Waals surface area contributed by atoms with Gasteiger partial charge in [-0.25, -0.2) is 9.07 Å². The second-order valence-electron chi connectivity index (χ2n) is 9.94. The molecule has 1 N–H and O–H groups in total. The number of aromatic nitrogens is 5. The van der Waals surface area contributed by atoms with Crippen LogP contribution in [0.1, 0.15) is 54.4 Å². The molecule has 2 heterocycles. The molecule has 5 aromatic rings. The summed E-state index contributed by atoms with van der Waals surface area (Å²) in [6, 6.07) is 22.2. The van der Waals surface area contributed by atoms with Crippen molar-refractivity contribution in [1.29, 1.82) is 0 Å². The van der Waals surface area contributed by atoms with Gasteiger partial charge in [0.05, 0.1) is 19.2 Å². The number of aryl methyl sites for hydroxylation is 1. The maximum atomic E-state index is 13.5. The third-order valence-corrected chi connectivity index (χ3v) is 7.01. The number of benzene rings is 3. The van der Waals surface area contributed by atoms with Gasteiger partial charge >= 0.3 is 0 Å². The molecule has 0 aliphatic rings. The van der Waals surface area contributed by atoms with E-state index in [0.717, 1.165) is 34.2 Å². The summed E-state index contributed by atoms with van der Waals surface area (Å²) < 4.78 is 20.9. The molecular formula is C31H33FN6O2. The van der Waals surface area contributed by atoms with Crippen molar-refractivity contribution in [3.8, 4) is 5.75 Å². The Morgan fingerprint density at radius 2 is 1.73 bits per heavy atom. The van der Waals surface area contributed by atoms with Crippen molar-refractivity contribution in [2.75, 3.05) is 6.61 Å². The van der Waals surface area contributed by atoms with Crippen LogP contribution in [0.4, 0.5) is 4.39 Å². The maximum Gasteiger partial charge on any atom is 0.252 e. The molecule has 206 valence electrons. The Kier molecular flexibility index (Phi) is 8.31. The summed E-state index contributed by atoms with van der Waals surface area (Å²) in [6.07, 6.45) is 0.718. The van der Waals surface area contributed by atoms with Gasteiger partial charge in [-0.3, -0.25) is 9.69 Å². The first-order valence-electron chi connectivity index (χ1n) is 13.5. The Morgan fingerprint density at radius 1 is 0.975 bits per heavy atom. The Morgan fingerprint density at radius 3 is 2.45 bits per heavy atom. The van der Waals surface area contributed by atoms with Gasteiger partial charge in [0.25, 0.3) is 5.56 Å². The van der Waals surface area contributed by atoms with Gasteiger partial charge in [0.2, 0.25) is 0 Å². The van der Waals surface area contributed by atoms with Crippen LogP contribution in [0.15, 0.2) is 77.6 Å². The summed E-state index contributed by atoms with van der Waals surface area (Å²) in [5.41, 5.74) is 4.47. The number of H-pyrrole nitrogens is 1. The molecule has 0 aliphatic heterocycles. The first kappa shape index (κ1) is 27.2. The van der Waals surface area contributed by atoms with E-state index in [1.807, 2.05) is 31.2 Å². The van der Waals surface area contributed by atoms with Crippen molar-refractivity contribution in [3.05, 3.63) is 117 Å². The van der Waals surface area contributed by atoms with E-state index in [0.29, 0.717) is 37.6 Å². The third kappa shape index (κ3) is 6.26. The van der Waals surface area contributed by atoms with Crippen LogP contribution in [0.5, 0.6) is 5.75 Å². The zero-order chi connectivity index (χ0) is 28.1. The lowest BCUT2D eigenvalue weighted by Crippen LogP contribution is -2.32. The molecule has 0 fully saturated rings. The number of hydrogen-bond acceptors (Lipinski definition) is 6. The van der Waals surface area contributed by atoms with E-state index in [4.69, 9.17) is 4.74 Å². The number of halogens is 1. The molecule has 2 aromatic heterocycles. The minimum absolute atomic E-state index is 0.133. The van der Waals surface area contributed by atoms with Gasteiger partial charge in [-0.15, -0.1) is 5.10 Å². The fourth-order valence-electron chi connectivity index (χ4n) is 4.96. The molecule has 3 aromatic carbocycles. The second-order valence-corrected chi connectivity index (χ2v) is 9.94. The quantitative estimate of drug-likeness (QED) is 0.236. The van der Waals surface area contributed by atoms with Gasteiger partial charge in [0.15, 0.2) is 5.82 Å². The van der Waals surface area contributed by atoms with Crippen LogP contribution in [0.3, 0.4) is 0 Å². The van der Waals surface area contributed by atoms with Crippen molar-refractivity contribution >= 4 is 10.9 Å². The molecule has 5 rings (SSSR count). The van der Waals surface area contributed by atoms with Gasteiger partial charge in [-0.05, 0) is 78.2 Å². The average molecular weight is 541 g/mol. The van der Waals surface area contributed by atoms with Gasteiger partial charge in [-0.1, -0.05) is 48.9 Å². The van der Waals surface area contributed by atoms with Crippen molar-refractivity contribution in [3.63, 3.8) is 0 Å². The number of fused-ring (bicyclic) bond motifs is 1. The minimum Gasteiger partial charge on any atom is -0.494 e. The normalized spacial score (nSPS) is 12.2. The Labute approximate surface area is 232 Å². The Balaban J connectivity index is 1.51. The highest BCUT2D eigenvalue weighted by Gasteiger charge is 2.26. The van der Waals surface area contributed by atoms with Crippen LogP contribution >= 0.6 is 0 Å². The van der Waals surface area contributed by atoms with E-state index >= 15 is 0 Å². The van der Waals surface area contributed by atoms with Crippen LogP contribution in [-0.2, 0) is 19.6 Å². The van der Waals surface area contributed by atoms with E-state index in [1.165, 1.54) is 17.7 Å². The van der Waals surface area contributed by atoms with Crippen LogP contribution in [0.2, 0.25) is 0 Å². The van der Waals surface area contributed by atoms with E-state index < -0.39 is 0 Å². The lowest BCUT2D eigenvalue weighted by molar-refractivity contribution is 0.161. The van der Waals surface area contributed by atoms with E-state index in [2.05, 4.69) is 63.5 Å². The predicted octanol–water partition coefficient (Wildman–Crippen LogP) is 5.56. The molecule has 9 heteroatoms. The first-order valence-corrected chi connectivity index (χ1v) is 13.5. The number of aromatic amines is 1. The van der Waals surface area contributed by atoms with Crippen molar-refractivity contribution in [2.24, 2.45) is 0 Å². The summed E-state index contributed by atoms with van der Waals surface area (Å²) in [4.78, 5) is 18.5. The zero-order valence-electron chi connectivity index (χ0n) is 23.0. The molecule has 1 unspecified atom stereocenters. The number of tetrazole rings is 1. The SMILES string of the molecule is CCOc1ccc2[nH]c(=O)c(CN(Cc3ccc(C)cc3)C(CC)c3nnnn3Cc3ccc(F)cc3)cc2c1. The number of hydrogen-bond donors (Lipinski definition) is 1. The Hall–Kier alpha value is -4.37. The van der Waals surface area contributed by atoms with E-state index in [1.54, 1.807) is 16.8 Å². The lowest BCUT2D eigenvalue weighted by Gasteiger charge is -2.30. The highest BCUT2D eigenvalue weighted by atomic mass is 19.1. The summed E-state index contributed by atoms with van der Waals surface area (Å²) in [5, 5.41) is 13.5. The first-order chi connectivity index (χ1) is 19.4. The average Bonchev–Trinajstić information content (AvgIpc) is 3.40. The van der Waals surface area contributed by atoms with Gasteiger partial charge < -0.3 is 9.72 Å². The third-order valence-electron chi connectivity index (χ3n) is 7.01. The topological polar surface area (TPSA) is 88.9 Å². The highest BCUT2D eigenvalue weighted by molar-refractivity contribution is 5.80. The van der Waals surface area contributed by atoms with Crippen molar-refractivity contribution in [1.82, 2.24) is 30.1 Å². The molecule has 0 radical (unpaired) electrons. The largest absolute Gasteiger partial charge is 0.494 e. The zero-order valence-corrected chi connectivity index (χ0v) is 23.0. The van der Waals surface area contributed by atoms with E-state index in [-0.39, 0.29) is 17.4 Å². The van der Waals surface area contributed by atoms with Crippen LogP contribution in [-0.4, -0.2) is 36.7 Å². The number of pyridine rings is 1. The summed E-state index contributed by atoms with van der Waals surface area (Å²) >= 11 is 0. The minimum atomic E-state index is -0.287. The molecule has 8 nitrogen and oxygen atoms in total. The lowest BCUT2D eigenvalue weighted by atomic mass is 10.1. The molecule has 1 atom stereocenters. The van der Waals surface area contributed by atoms with Gasteiger partial charge in [-0.2, -0.15) is 0 Å². The van der Waals surface area contributed by atoms with Crippen LogP contribution in [0.25, 0.3) is 10.9 Å². The van der Waals surface area contributed by atoms with Gasteiger partial charge in [0.1, 0.15) is 11.6 Å². The molecule has 0 aliphatic carbocycles. The number of rotatable bonds is 11. The smallest absolute Gasteiger partial charge is 0.252 e. The highest BCUT2D eigenvalue weighted by Crippen LogP contribution is 2.27. The van der Waals surface area contributed by atoms with Crippen LogP contribution < -0.4 is 10.3 Å². The molecule has 0 bridgehead atoms. The molecule has 0 spiro atoms. The van der Waals surface area contributed by atoms with Crippen molar-refractivity contribution in [2.45, 2.75) is 52.9 Å². The van der Waals surface area contributed by atoms with Crippen molar-refractivity contribution < 1.29 is 9.13 Å². The molecule has 0 amide bonds. The fourth-order valence-corrected chi connectivity index (χ4v) is 4.96. The summed E-state index contributed by atoms with van der Waals surface area (Å²) in [6.45, 7) is 8.05. The maximum absolute atomic E-state index is 13.5. The fraction of sp³-hybridized carbons (Fsp3) is 0.290. The monoisotopic (exact) mass is 540 g/mol. The predicted molar refractivity (Wildman–Crippen MR) is 153 cm³/mol. The number of ether oxygens (including phenoxy) is 1. The summed E-state index contributed by atoms with van der Waals surface area (Å²) in [5.74, 6) is 1.16. The number of nitrogens with zero attached hydrogens (tertiary/aromatic N) is 5. The van der Waals surface area contributed by atoms with E-state index in [9.17, 15) is 9.18 Å². The molecular weight excluding hydrogens is 507 g/mol. The molecule has 0 saturated carbocycles. The second kappa shape index (κ2) is 12.2. The molecule has 0 saturated heterocycles.